The van der Waals surface area contributed by atoms with E-state index in [1.165, 1.54) is 13.8 Å². The second-order valence-electron chi connectivity index (χ2n) is 11.6. The van der Waals surface area contributed by atoms with E-state index in [4.69, 9.17) is 14.2 Å². The summed E-state index contributed by atoms with van der Waals surface area (Å²) < 4.78 is 17.3. The Balaban J connectivity index is 2.13. The summed E-state index contributed by atoms with van der Waals surface area (Å²) in [4.78, 5) is 50.6. The van der Waals surface area contributed by atoms with Crippen molar-refractivity contribution in [3.8, 4) is 0 Å². The van der Waals surface area contributed by atoms with E-state index in [9.17, 15) is 24.3 Å². The van der Waals surface area contributed by atoms with Crippen molar-refractivity contribution in [1.82, 2.24) is 0 Å². The van der Waals surface area contributed by atoms with Crippen LogP contribution in [0.5, 0.6) is 0 Å². The van der Waals surface area contributed by atoms with Gasteiger partial charge in [0, 0.05) is 37.5 Å². The second kappa shape index (κ2) is 11.9. The number of carbonyl (C=O) groups is 4. The average Bonchev–Trinajstić information content (AvgIpc) is 3.09. The highest BCUT2D eigenvalue weighted by molar-refractivity contribution is 5.95. The number of esters is 3. The molecule has 3 rings (SSSR count). The number of ketones is 1. The van der Waals surface area contributed by atoms with Gasteiger partial charge in [-0.2, -0.15) is 0 Å². The fourth-order valence-electron chi connectivity index (χ4n) is 5.71. The molecule has 1 saturated carbocycles. The van der Waals surface area contributed by atoms with Crippen LogP contribution < -0.4 is 0 Å². The van der Waals surface area contributed by atoms with Gasteiger partial charge in [0.15, 0.2) is 5.78 Å². The summed E-state index contributed by atoms with van der Waals surface area (Å²) in [7, 11) is 0. The summed E-state index contributed by atoms with van der Waals surface area (Å²) in [5.41, 5.74) is -1.66. The molecule has 7 atom stereocenters. The number of aliphatic hydroxyl groups is 1. The van der Waals surface area contributed by atoms with E-state index >= 15 is 0 Å². The zero-order valence-corrected chi connectivity index (χ0v) is 23.8. The van der Waals surface area contributed by atoms with Gasteiger partial charge < -0.3 is 19.3 Å². The summed E-state index contributed by atoms with van der Waals surface area (Å²) in [6.45, 7) is 11.6. The molecule has 0 aromatic heterocycles. The zero-order valence-electron chi connectivity index (χ0n) is 23.8. The summed E-state index contributed by atoms with van der Waals surface area (Å²) in [5.74, 6) is -3.49. The highest BCUT2D eigenvalue weighted by Gasteiger charge is 2.58. The van der Waals surface area contributed by atoms with Crippen molar-refractivity contribution in [3.63, 3.8) is 0 Å². The molecular formula is C31H40O8. The summed E-state index contributed by atoms with van der Waals surface area (Å²) in [5, 5.41) is 12.3. The Kier molecular flexibility index (Phi) is 9.21. The first-order chi connectivity index (χ1) is 18.2. The fourth-order valence-corrected chi connectivity index (χ4v) is 5.71. The molecule has 1 aromatic rings. The highest BCUT2D eigenvalue weighted by Crippen LogP contribution is 2.48. The first-order valence-corrected chi connectivity index (χ1v) is 13.4. The molecule has 0 amide bonds. The van der Waals surface area contributed by atoms with Crippen molar-refractivity contribution in [3.05, 3.63) is 59.7 Å². The first-order valence-electron chi connectivity index (χ1n) is 13.4. The monoisotopic (exact) mass is 540 g/mol. The Morgan fingerprint density at radius 2 is 1.59 bits per heavy atom. The van der Waals surface area contributed by atoms with Gasteiger partial charge in [-0.05, 0) is 37.0 Å². The van der Waals surface area contributed by atoms with Gasteiger partial charge in [-0.3, -0.25) is 14.4 Å². The Hall–Kier alpha value is -3.26. The SMILES string of the molecule is CC(=O)O[C@@H]1CC(=O)/C(C)=C/[C@H]2[C@@H](OC(=O)c3ccccc3)[C@@H](C)C[C@]2(O)[C@@H](OC(C)=O)[C@@H](C)/C=C/C1(C)C. The quantitative estimate of drug-likeness (QED) is 0.335. The molecule has 0 bridgehead atoms. The molecule has 0 saturated heterocycles. The first kappa shape index (κ1) is 30.3. The maximum absolute atomic E-state index is 13.4. The molecule has 2 aliphatic rings. The summed E-state index contributed by atoms with van der Waals surface area (Å²) in [6.07, 6.45) is 2.86. The van der Waals surface area contributed by atoms with Crippen molar-refractivity contribution in [2.75, 3.05) is 0 Å². The lowest BCUT2D eigenvalue weighted by Gasteiger charge is -2.40. The number of rotatable bonds is 4. The third-order valence-corrected chi connectivity index (χ3v) is 7.86. The number of hydrogen-bond donors (Lipinski definition) is 1. The minimum Gasteiger partial charge on any atom is -0.461 e. The number of benzene rings is 1. The lowest BCUT2D eigenvalue weighted by atomic mass is 9.75. The zero-order chi connectivity index (χ0) is 29.1. The van der Waals surface area contributed by atoms with Crippen molar-refractivity contribution in [2.45, 2.75) is 85.2 Å². The Labute approximate surface area is 230 Å². The molecule has 2 aliphatic carbocycles. The molecule has 1 N–H and O–H groups in total. The Morgan fingerprint density at radius 3 is 2.18 bits per heavy atom. The normalized spacial score (nSPS) is 34.8. The number of carbonyl (C=O) groups excluding carboxylic acids is 4. The smallest absolute Gasteiger partial charge is 0.338 e. The fraction of sp³-hybridized carbons (Fsp3) is 0.548. The molecule has 8 heteroatoms. The standard InChI is InChI=1S/C31H40O8/c1-18-13-14-30(6,7)26(37-21(4)32)16-25(34)19(2)15-24-27(39-29(35)23-11-9-8-10-12-23)20(3)17-31(24,36)28(18)38-22(5)33/h8-15,18,20,24,26-28,36H,16-17H2,1-7H3/b14-13+,19-15+/t18-,20-,24-,26+,27-,28-,31+/m0/s1. The maximum Gasteiger partial charge on any atom is 0.338 e. The van der Waals surface area contributed by atoms with Crippen LogP contribution in [0.4, 0.5) is 0 Å². The second-order valence-corrected chi connectivity index (χ2v) is 11.6. The van der Waals surface area contributed by atoms with Gasteiger partial charge in [0.1, 0.15) is 23.9 Å². The van der Waals surface area contributed by atoms with Gasteiger partial charge in [0.2, 0.25) is 0 Å². The number of allylic oxidation sites excluding steroid dienone is 1. The van der Waals surface area contributed by atoms with Crippen LogP contribution in [0.15, 0.2) is 54.1 Å². The molecule has 0 spiro atoms. The van der Waals surface area contributed by atoms with Crippen LogP contribution in [-0.4, -0.2) is 52.7 Å². The van der Waals surface area contributed by atoms with Gasteiger partial charge in [0.05, 0.1) is 5.56 Å². The van der Waals surface area contributed by atoms with Crippen LogP contribution in [0.25, 0.3) is 0 Å². The summed E-state index contributed by atoms with van der Waals surface area (Å²) in [6, 6.07) is 8.54. The third-order valence-electron chi connectivity index (χ3n) is 7.86. The van der Waals surface area contributed by atoms with E-state index in [1.54, 1.807) is 43.3 Å². The van der Waals surface area contributed by atoms with Crippen molar-refractivity contribution in [2.24, 2.45) is 23.2 Å². The molecule has 1 aromatic carbocycles. The average molecular weight is 541 g/mol. The highest BCUT2D eigenvalue weighted by atomic mass is 16.6. The van der Waals surface area contributed by atoms with Crippen molar-refractivity contribution in [1.29, 1.82) is 0 Å². The minimum atomic E-state index is -1.63. The van der Waals surface area contributed by atoms with Crippen LogP contribution in [0.1, 0.15) is 71.7 Å². The molecule has 0 aliphatic heterocycles. The van der Waals surface area contributed by atoms with Crippen LogP contribution in [0.2, 0.25) is 0 Å². The molecule has 8 nitrogen and oxygen atoms in total. The molecule has 0 heterocycles. The van der Waals surface area contributed by atoms with E-state index < -0.39 is 59.1 Å². The van der Waals surface area contributed by atoms with Crippen LogP contribution in [0.3, 0.4) is 0 Å². The molecule has 39 heavy (non-hydrogen) atoms. The number of hydrogen-bond acceptors (Lipinski definition) is 8. The number of ether oxygens (including phenoxy) is 3. The molecule has 0 unspecified atom stereocenters. The van der Waals surface area contributed by atoms with Gasteiger partial charge in [-0.25, -0.2) is 4.79 Å². The van der Waals surface area contributed by atoms with Crippen LogP contribution in [0, 0.1) is 23.2 Å². The largest absolute Gasteiger partial charge is 0.461 e. The molecule has 0 radical (unpaired) electrons. The van der Waals surface area contributed by atoms with Gasteiger partial charge in [-0.1, -0.05) is 64.1 Å². The van der Waals surface area contributed by atoms with Gasteiger partial charge in [-0.15, -0.1) is 0 Å². The van der Waals surface area contributed by atoms with Gasteiger partial charge in [0.25, 0.3) is 0 Å². The molecule has 212 valence electrons. The Morgan fingerprint density at radius 1 is 0.974 bits per heavy atom. The van der Waals surface area contributed by atoms with Crippen LogP contribution >= 0.6 is 0 Å². The van der Waals surface area contributed by atoms with E-state index in [0.29, 0.717) is 11.1 Å². The predicted octanol–water partition coefficient (Wildman–Crippen LogP) is 4.60. The molecule has 1 fully saturated rings. The lowest BCUT2D eigenvalue weighted by Crippen LogP contribution is -2.52. The third kappa shape index (κ3) is 6.85. The maximum atomic E-state index is 13.4. The minimum absolute atomic E-state index is 0.0593. The van der Waals surface area contributed by atoms with Gasteiger partial charge >= 0.3 is 17.9 Å². The van der Waals surface area contributed by atoms with Crippen LogP contribution in [-0.2, 0) is 28.6 Å². The number of Topliss-reactive ketones (excluding diaryl/α,β-unsaturated/α-hetero) is 1. The van der Waals surface area contributed by atoms with Crippen molar-refractivity contribution >= 4 is 23.7 Å². The summed E-state index contributed by atoms with van der Waals surface area (Å²) >= 11 is 0. The van der Waals surface area contributed by atoms with E-state index in [0.717, 1.165) is 0 Å². The van der Waals surface area contributed by atoms with E-state index in [-0.39, 0.29) is 24.5 Å². The Bertz CT molecular complexity index is 1150. The predicted molar refractivity (Wildman–Crippen MR) is 144 cm³/mol. The lowest BCUT2D eigenvalue weighted by molar-refractivity contribution is -0.173. The number of fused-ring (bicyclic) bond motifs is 1. The van der Waals surface area contributed by atoms with E-state index in [1.807, 2.05) is 39.8 Å². The van der Waals surface area contributed by atoms with Crippen molar-refractivity contribution < 1.29 is 38.5 Å². The van der Waals surface area contributed by atoms with E-state index in [2.05, 4.69) is 0 Å². The molecular weight excluding hydrogens is 500 g/mol. The topological polar surface area (TPSA) is 116 Å².